The van der Waals surface area contributed by atoms with Gasteiger partial charge >= 0.3 is 5.97 Å². The Hall–Kier alpha value is -2.60. The first-order valence-corrected chi connectivity index (χ1v) is 7.56. The fraction of sp³-hybridized carbons (Fsp3) is 0.333. The maximum atomic E-state index is 12.1. The van der Waals surface area contributed by atoms with Gasteiger partial charge in [0.1, 0.15) is 12.4 Å². The molecule has 1 aromatic carbocycles. The number of Topliss-reactive ketones (excluding diaryl/α,β-unsaturated/α-hetero) is 1. The molecule has 0 fully saturated rings. The summed E-state index contributed by atoms with van der Waals surface area (Å²) in [6.07, 6.45) is 1.55. The van der Waals surface area contributed by atoms with Crippen LogP contribution < -0.4 is 0 Å². The van der Waals surface area contributed by atoms with Gasteiger partial charge in [0.15, 0.2) is 5.78 Å². The summed E-state index contributed by atoms with van der Waals surface area (Å²) in [5.41, 5.74) is 1.52. The lowest BCUT2D eigenvalue weighted by atomic mass is 10.1. The number of esters is 1. The molecule has 0 saturated carbocycles. The summed E-state index contributed by atoms with van der Waals surface area (Å²) >= 11 is 0. The topological polar surface area (TPSA) is 77.8 Å². The SMILES string of the molecule is C=C(O)c1ccc2c(c1)c(C(=O)OC)cn2CC(=O)COC(C)C. The van der Waals surface area contributed by atoms with Crippen molar-refractivity contribution < 1.29 is 24.2 Å². The molecule has 0 amide bonds. The van der Waals surface area contributed by atoms with E-state index in [2.05, 4.69) is 6.58 Å². The zero-order chi connectivity index (χ0) is 17.9. The molecule has 0 aliphatic rings. The summed E-state index contributed by atoms with van der Waals surface area (Å²) < 4.78 is 11.8. The second-order valence-corrected chi connectivity index (χ2v) is 5.74. The van der Waals surface area contributed by atoms with Crippen LogP contribution in [0.2, 0.25) is 0 Å². The number of ether oxygens (including phenoxy) is 2. The van der Waals surface area contributed by atoms with E-state index in [0.717, 1.165) is 0 Å². The number of hydrogen-bond acceptors (Lipinski definition) is 5. The molecule has 6 nitrogen and oxygen atoms in total. The van der Waals surface area contributed by atoms with E-state index < -0.39 is 5.97 Å². The third-order valence-corrected chi connectivity index (χ3v) is 3.54. The van der Waals surface area contributed by atoms with Gasteiger partial charge in [0, 0.05) is 22.7 Å². The molecule has 0 spiro atoms. The summed E-state index contributed by atoms with van der Waals surface area (Å²) in [5.74, 6) is -0.708. The van der Waals surface area contributed by atoms with Gasteiger partial charge in [-0.25, -0.2) is 4.79 Å². The number of hydrogen-bond donors (Lipinski definition) is 1. The average molecular weight is 331 g/mol. The smallest absolute Gasteiger partial charge is 0.340 e. The first-order valence-electron chi connectivity index (χ1n) is 7.56. The molecule has 0 bridgehead atoms. The first kappa shape index (κ1) is 17.7. The number of rotatable bonds is 7. The molecule has 0 aliphatic heterocycles. The molecule has 0 radical (unpaired) electrons. The molecule has 2 aromatic rings. The van der Waals surface area contributed by atoms with Gasteiger partial charge in [0.05, 0.1) is 25.3 Å². The van der Waals surface area contributed by atoms with Crippen molar-refractivity contribution in [2.75, 3.05) is 13.7 Å². The summed E-state index contributed by atoms with van der Waals surface area (Å²) in [4.78, 5) is 24.1. The van der Waals surface area contributed by atoms with Crippen LogP contribution in [0.1, 0.15) is 29.8 Å². The van der Waals surface area contributed by atoms with Crippen molar-refractivity contribution in [3.8, 4) is 0 Å². The Morgan fingerprint density at radius 3 is 2.62 bits per heavy atom. The van der Waals surface area contributed by atoms with Crippen LogP contribution in [0.4, 0.5) is 0 Å². The van der Waals surface area contributed by atoms with Crippen LogP contribution in [-0.2, 0) is 20.8 Å². The standard InChI is InChI=1S/C18H21NO5/c1-11(2)24-10-14(21)8-19-9-16(18(22)23-4)15-7-13(12(3)20)5-6-17(15)19/h5-7,9,11,20H,3,8,10H2,1-2,4H3. The van der Waals surface area contributed by atoms with Crippen molar-refractivity contribution in [2.45, 2.75) is 26.5 Å². The van der Waals surface area contributed by atoms with E-state index >= 15 is 0 Å². The van der Waals surface area contributed by atoms with Crippen LogP contribution >= 0.6 is 0 Å². The van der Waals surface area contributed by atoms with Crippen LogP contribution in [0, 0.1) is 0 Å². The number of nitrogens with zero attached hydrogens (tertiary/aromatic N) is 1. The van der Waals surface area contributed by atoms with Crippen molar-refractivity contribution in [3.05, 3.63) is 42.1 Å². The lowest BCUT2D eigenvalue weighted by Gasteiger charge is -2.08. The summed E-state index contributed by atoms with van der Waals surface area (Å²) in [5, 5.41) is 10.1. The Kier molecular flexibility index (Phi) is 5.41. The van der Waals surface area contributed by atoms with Gasteiger partial charge < -0.3 is 19.1 Å². The van der Waals surface area contributed by atoms with E-state index in [1.807, 2.05) is 13.8 Å². The minimum Gasteiger partial charge on any atom is -0.508 e. The van der Waals surface area contributed by atoms with Gasteiger partial charge in [-0.2, -0.15) is 0 Å². The molecule has 1 N–H and O–H groups in total. The van der Waals surface area contributed by atoms with Crippen molar-refractivity contribution >= 4 is 28.4 Å². The number of ketones is 1. The molecule has 0 atom stereocenters. The number of aliphatic hydroxyl groups excluding tert-OH is 1. The van der Waals surface area contributed by atoms with Crippen LogP contribution in [0.3, 0.4) is 0 Å². The lowest BCUT2D eigenvalue weighted by molar-refractivity contribution is -0.125. The van der Waals surface area contributed by atoms with Crippen molar-refractivity contribution in [1.29, 1.82) is 0 Å². The minimum absolute atomic E-state index is 0.0103. The largest absolute Gasteiger partial charge is 0.508 e. The predicted octanol–water partition coefficient (Wildman–Crippen LogP) is 2.95. The van der Waals surface area contributed by atoms with Gasteiger partial charge in [-0.05, 0) is 32.0 Å². The van der Waals surface area contributed by atoms with Crippen LogP contribution in [0.15, 0.2) is 31.0 Å². The van der Waals surface area contributed by atoms with Gasteiger partial charge in [0.25, 0.3) is 0 Å². The van der Waals surface area contributed by atoms with E-state index in [4.69, 9.17) is 9.47 Å². The minimum atomic E-state index is -0.509. The number of benzene rings is 1. The number of fused-ring (bicyclic) bond motifs is 1. The Bertz CT molecular complexity index is 788. The lowest BCUT2D eigenvalue weighted by Crippen LogP contribution is -2.18. The van der Waals surface area contributed by atoms with Crippen LogP contribution in [0.5, 0.6) is 0 Å². The second kappa shape index (κ2) is 7.31. The first-order chi connectivity index (χ1) is 11.3. The van der Waals surface area contributed by atoms with Gasteiger partial charge in [0.2, 0.25) is 0 Å². The molecule has 128 valence electrons. The highest BCUT2D eigenvalue weighted by Crippen LogP contribution is 2.25. The third kappa shape index (κ3) is 3.83. The zero-order valence-corrected chi connectivity index (χ0v) is 14.0. The van der Waals surface area contributed by atoms with E-state index in [1.54, 1.807) is 29.0 Å². The van der Waals surface area contributed by atoms with Gasteiger partial charge in [-0.15, -0.1) is 0 Å². The molecule has 0 unspecified atom stereocenters. The fourth-order valence-electron chi connectivity index (χ4n) is 2.38. The molecule has 24 heavy (non-hydrogen) atoms. The highest BCUT2D eigenvalue weighted by molar-refractivity contribution is 6.05. The number of aromatic nitrogens is 1. The average Bonchev–Trinajstić information content (AvgIpc) is 2.90. The molecule has 0 aliphatic carbocycles. The molecular formula is C18H21NO5. The molecule has 0 saturated heterocycles. The molecule has 6 heteroatoms. The molecule has 2 rings (SSSR count). The molecule has 1 aromatic heterocycles. The highest BCUT2D eigenvalue weighted by atomic mass is 16.5. The number of methoxy groups -OCH3 is 1. The van der Waals surface area contributed by atoms with Crippen molar-refractivity contribution in [2.24, 2.45) is 0 Å². The van der Waals surface area contributed by atoms with Crippen LogP contribution in [0.25, 0.3) is 16.7 Å². The quantitative estimate of drug-likeness (QED) is 0.623. The second-order valence-electron chi connectivity index (χ2n) is 5.74. The zero-order valence-electron chi connectivity index (χ0n) is 14.0. The fourth-order valence-corrected chi connectivity index (χ4v) is 2.38. The summed E-state index contributed by atoms with van der Waals surface area (Å²) in [7, 11) is 1.29. The Morgan fingerprint density at radius 2 is 2.04 bits per heavy atom. The van der Waals surface area contributed by atoms with Crippen molar-refractivity contribution in [1.82, 2.24) is 4.57 Å². The van der Waals surface area contributed by atoms with Crippen molar-refractivity contribution in [3.63, 3.8) is 0 Å². The maximum Gasteiger partial charge on any atom is 0.340 e. The third-order valence-electron chi connectivity index (χ3n) is 3.54. The Labute approximate surface area is 140 Å². The van der Waals surface area contributed by atoms with Crippen LogP contribution in [-0.4, -0.2) is 41.2 Å². The van der Waals surface area contributed by atoms with Gasteiger partial charge in [-0.1, -0.05) is 6.58 Å². The van der Waals surface area contributed by atoms with E-state index in [9.17, 15) is 14.7 Å². The maximum absolute atomic E-state index is 12.1. The van der Waals surface area contributed by atoms with E-state index in [-0.39, 0.29) is 30.8 Å². The predicted molar refractivity (Wildman–Crippen MR) is 91.0 cm³/mol. The Morgan fingerprint density at radius 1 is 1.33 bits per heavy atom. The number of aliphatic hydroxyl groups is 1. The number of carbonyl (C=O) groups excluding carboxylic acids is 2. The normalized spacial score (nSPS) is 11.0. The summed E-state index contributed by atoms with van der Waals surface area (Å²) in [6, 6.07) is 5.06. The molecule has 1 heterocycles. The monoisotopic (exact) mass is 331 g/mol. The van der Waals surface area contributed by atoms with E-state index in [1.165, 1.54) is 7.11 Å². The summed E-state index contributed by atoms with van der Waals surface area (Å²) in [6.45, 7) is 7.29. The number of carbonyl (C=O) groups is 2. The van der Waals surface area contributed by atoms with Gasteiger partial charge in [-0.3, -0.25) is 4.79 Å². The Balaban J connectivity index is 2.41. The van der Waals surface area contributed by atoms with E-state index in [0.29, 0.717) is 22.0 Å². The molecular weight excluding hydrogens is 310 g/mol. The highest BCUT2D eigenvalue weighted by Gasteiger charge is 2.18.